The van der Waals surface area contributed by atoms with Crippen LogP contribution in [0.2, 0.25) is 10.0 Å². The molecule has 0 aliphatic rings. The molecule has 0 spiro atoms. The normalized spacial score (nSPS) is 12.9. The van der Waals surface area contributed by atoms with E-state index >= 15 is 0 Å². The lowest BCUT2D eigenvalue weighted by Crippen LogP contribution is -2.36. The Hall–Kier alpha value is -0.970. The van der Waals surface area contributed by atoms with Gasteiger partial charge in [-0.25, -0.2) is 4.79 Å². The Morgan fingerprint density at radius 1 is 1.42 bits per heavy atom. The molecule has 1 rings (SSSR count). The van der Waals surface area contributed by atoms with E-state index in [-0.39, 0.29) is 6.54 Å². The molecule has 1 atom stereocenters. The number of nitrogens with one attached hydrogen (secondary N) is 1. The van der Waals surface area contributed by atoms with E-state index in [0.29, 0.717) is 10.0 Å². The highest BCUT2D eigenvalue weighted by molar-refractivity contribution is 6.35. The van der Waals surface area contributed by atoms with Crippen LogP contribution in [0.4, 0.5) is 4.79 Å². The number of amides is 1. The van der Waals surface area contributed by atoms with Gasteiger partial charge in [0.2, 0.25) is 0 Å². The van der Waals surface area contributed by atoms with Crippen LogP contribution in [0.1, 0.15) is 32.4 Å². The van der Waals surface area contributed by atoms with Crippen LogP contribution in [-0.4, -0.2) is 18.2 Å². The first-order valence-electron chi connectivity index (χ1n) is 5.86. The number of rotatable bonds is 3. The molecule has 0 fully saturated rings. The molecule has 1 amide bonds. The van der Waals surface area contributed by atoms with Gasteiger partial charge in [-0.2, -0.15) is 0 Å². The monoisotopic (exact) mass is 304 g/mol. The van der Waals surface area contributed by atoms with Crippen LogP contribution in [0.5, 0.6) is 0 Å². The summed E-state index contributed by atoms with van der Waals surface area (Å²) < 4.78 is 5.11. The van der Waals surface area contributed by atoms with Gasteiger partial charge in [-0.1, -0.05) is 29.3 Å². The van der Waals surface area contributed by atoms with Crippen molar-refractivity contribution in [2.75, 3.05) is 6.54 Å². The topological polar surface area (TPSA) is 64.3 Å². The van der Waals surface area contributed by atoms with Crippen molar-refractivity contribution in [1.29, 1.82) is 0 Å². The fourth-order valence-electron chi connectivity index (χ4n) is 1.42. The summed E-state index contributed by atoms with van der Waals surface area (Å²) >= 11 is 11.8. The number of carbonyl (C=O) groups is 1. The lowest BCUT2D eigenvalue weighted by Gasteiger charge is -2.21. The predicted octanol–water partition coefficient (Wildman–Crippen LogP) is 3.52. The van der Waals surface area contributed by atoms with Crippen molar-refractivity contribution < 1.29 is 9.53 Å². The highest BCUT2D eigenvalue weighted by Crippen LogP contribution is 2.24. The summed E-state index contributed by atoms with van der Waals surface area (Å²) in [6, 6.07) is 4.64. The molecule has 0 unspecified atom stereocenters. The lowest BCUT2D eigenvalue weighted by atomic mass is 10.1. The molecule has 6 heteroatoms. The zero-order valence-electron chi connectivity index (χ0n) is 11.2. The van der Waals surface area contributed by atoms with Crippen molar-refractivity contribution >= 4 is 29.3 Å². The van der Waals surface area contributed by atoms with Gasteiger partial charge in [-0.05, 0) is 38.5 Å². The number of hydrogen-bond acceptors (Lipinski definition) is 3. The fourth-order valence-corrected chi connectivity index (χ4v) is 1.97. The molecule has 4 nitrogen and oxygen atoms in total. The summed E-state index contributed by atoms with van der Waals surface area (Å²) in [5, 5.41) is 3.62. The smallest absolute Gasteiger partial charge is 0.407 e. The maximum Gasteiger partial charge on any atom is 0.407 e. The van der Waals surface area contributed by atoms with Crippen LogP contribution >= 0.6 is 23.2 Å². The molecule has 0 radical (unpaired) electrons. The molecule has 3 N–H and O–H groups in total. The van der Waals surface area contributed by atoms with Crippen molar-refractivity contribution in [3.05, 3.63) is 33.8 Å². The molecule has 0 saturated heterocycles. The standard InChI is InChI=1S/C13H18Cl2N2O2/c1-13(2,3)19-12(18)17-7-11(16)9-5-4-8(14)6-10(9)15/h4-6,11H,7,16H2,1-3H3,(H,17,18)/t11-/m1/s1. The Balaban J connectivity index is 2.56. The number of nitrogens with two attached hydrogens (primary N) is 1. The van der Waals surface area contributed by atoms with Gasteiger partial charge >= 0.3 is 6.09 Å². The largest absolute Gasteiger partial charge is 0.444 e. The molecule has 0 aromatic heterocycles. The van der Waals surface area contributed by atoms with Gasteiger partial charge in [-0.15, -0.1) is 0 Å². The molecule has 0 heterocycles. The highest BCUT2D eigenvalue weighted by Gasteiger charge is 2.17. The molecule has 106 valence electrons. The SMILES string of the molecule is CC(C)(C)OC(=O)NC[C@@H](N)c1ccc(Cl)cc1Cl. The molecule has 19 heavy (non-hydrogen) atoms. The Morgan fingerprint density at radius 2 is 2.05 bits per heavy atom. The maximum atomic E-state index is 11.5. The predicted molar refractivity (Wildman–Crippen MR) is 77.6 cm³/mol. The molecular weight excluding hydrogens is 287 g/mol. The zero-order valence-corrected chi connectivity index (χ0v) is 12.7. The molecule has 0 aliphatic heterocycles. The van der Waals surface area contributed by atoms with Crippen LogP contribution < -0.4 is 11.1 Å². The average Bonchev–Trinajstić information content (AvgIpc) is 2.23. The van der Waals surface area contributed by atoms with E-state index in [9.17, 15) is 4.79 Å². The maximum absolute atomic E-state index is 11.5. The van der Waals surface area contributed by atoms with E-state index in [1.165, 1.54) is 0 Å². The van der Waals surface area contributed by atoms with Gasteiger partial charge in [0.1, 0.15) is 5.60 Å². The quantitative estimate of drug-likeness (QED) is 0.898. The van der Waals surface area contributed by atoms with Gasteiger partial charge in [0.25, 0.3) is 0 Å². The minimum absolute atomic E-state index is 0.232. The van der Waals surface area contributed by atoms with E-state index in [1.54, 1.807) is 39.0 Å². The second-order valence-corrected chi connectivity index (χ2v) is 6.00. The van der Waals surface area contributed by atoms with E-state index in [2.05, 4.69) is 5.32 Å². The number of hydrogen-bond donors (Lipinski definition) is 2. The lowest BCUT2D eigenvalue weighted by molar-refractivity contribution is 0.0524. The van der Waals surface area contributed by atoms with Gasteiger partial charge in [0.15, 0.2) is 0 Å². The van der Waals surface area contributed by atoms with Gasteiger partial charge in [0.05, 0.1) is 0 Å². The molecule has 0 aliphatic carbocycles. The summed E-state index contributed by atoms with van der Waals surface area (Å²) in [6.07, 6.45) is -0.506. The summed E-state index contributed by atoms with van der Waals surface area (Å²) in [5.74, 6) is 0. The Morgan fingerprint density at radius 3 is 2.58 bits per heavy atom. The van der Waals surface area contributed by atoms with Crippen molar-refractivity contribution in [3.8, 4) is 0 Å². The van der Waals surface area contributed by atoms with Gasteiger partial charge in [-0.3, -0.25) is 0 Å². The van der Waals surface area contributed by atoms with Crippen LogP contribution in [-0.2, 0) is 4.74 Å². The Kier molecular flexibility index (Phi) is 5.47. The van der Waals surface area contributed by atoms with Crippen LogP contribution in [0.3, 0.4) is 0 Å². The highest BCUT2D eigenvalue weighted by atomic mass is 35.5. The first kappa shape index (κ1) is 16.1. The third kappa shape index (κ3) is 5.68. The third-order valence-electron chi connectivity index (χ3n) is 2.23. The van der Waals surface area contributed by atoms with E-state index in [0.717, 1.165) is 5.56 Å². The first-order valence-corrected chi connectivity index (χ1v) is 6.62. The molecule has 0 saturated carbocycles. The van der Waals surface area contributed by atoms with E-state index < -0.39 is 17.7 Å². The van der Waals surface area contributed by atoms with Crippen molar-refractivity contribution in [3.63, 3.8) is 0 Å². The molecule has 1 aromatic carbocycles. The minimum Gasteiger partial charge on any atom is -0.444 e. The van der Waals surface area contributed by atoms with Crippen LogP contribution in [0.15, 0.2) is 18.2 Å². The summed E-state index contributed by atoms with van der Waals surface area (Å²) in [4.78, 5) is 11.5. The number of alkyl carbamates (subject to hydrolysis) is 1. The second-order valence-electron chi connectivity index (χ2n) is 5.16. The summed E-state index contributed by atoms with van der Waals surface area (Å²) in [6.45, 7) is 5.62. The molecule has 1 aromatic rings. The molecular formula is C13H18Cl2N2O2. The van der Waals surface area contributed by atoms with Crippen molar-refractivity contribution in [1.82, 2.24) is 5.32 Å². The van der Waals surface area contributed by atoms with Gasteiger partial charge < -0.3 is 15.8 Å². The van der Waals surface area contributed by atoms with E-state index in [1.807, 2.05) is 0 Å². The molecule has 0 bridgehead atoms. The number of halogens is 2. The zero-order chi connectivity index (χ0) is 14.6. The van der Waals surface area contributed by atoms with Gasteiger partial charge in [0, 0.05) is 22.6 Å². The first-order chi connectivity index (χ1) is 8.69. The van der Waals surface area contributed by atoms with Crippen molar-refractivity contribution in [2.45, 2.75) is 32.4 Å². The minimum atomic E-state index is -0.536. The third-order valence-corrected chi connectivity index (χ3v) is 2.79. The average molecular weight is 305 g/mol. The van der Waals surface area contributed by atoms with E-state index in [4.69, 9.17) is 33.7 Å². The second kappa shape index (κ2) is 6.46. The number of carbonyl (C=O) groups excluding carboxylic acids is 1. The Labute approximate surface area is 123 Å². The van der Waals surface area contributed by atoms with Crippen molar-refractivity contribution in [2.24, 2.45) is 5.73 Å². The number of benzene rings is 1. The van der Waals surface area contributed by atoms with Crippen LogP contribution in [0, 0.1) is 0 Å². The van der Waals surface area contributed by atoms with Crippen LogP contribution in [0.25, 0.3) is 0 Å². The fraction of sp³-hybridized carbons (Fsp3) is 0.462. The number of ether oxygens (including phenoxy) is 1. The Bertz CT molecular complexity index is 458. The summed E-state index contributed by atoms with van der Waals surface area (Å²) in [5.41, 5.74) is 6.15. The summed E-state index contributed by atoms with van der Waals surface area (Å²) in [7, 11) is 0.